The Morgan fingerprint density at radius 1 is 1.82 bits per heavy atom. The summed E-state index contributed by atoms with van der Waals surface area (Å²) in [6.45, 7) is 1.54. The number of hydrogen-bond acceptors (Lipinski definition) is 5. The normalized spacial score (nSPS) is 9.64. The minimum atomic E-state index is -0.730. The summed E-state index contributed by atoms with van der Waals surface area (Å²) < 4.78 is 9.70. The fourth-order valence-corrected chi connectivity index (χ4v) is 0.600. The zero-order chi connectivity index (χ0) is 8.43. The van der Waals surface area contributed by atoms with Crippen molar-refractivity contribution in [3.63, 3.8) is 0 Å². The maximum atomic E-state index is 10.7. The zero-order valence-corrected chi connectivity index (χ0v) is 6.12. The van der Waals surface area contributed by atoms with Crippen LogP contribution in [0.25, 0.3) is 0 Å². The number of hydrogen-bond donors (Lipinski definition) is 1. The lowest BCUT2D eigenvalue weighted by Gasteiger charge is -1.92. The van der Waals surface area contributed by atoms with Gasteiger partial charge in [0.05, 0.1) is 7.11 Å². The number of carbonyl (C=O) groups is 1. The molecule has 60 valence electrons. The van der Waals surface area contributed by atoms with Crippen LogP contribution in [0.2, 0.25) is 0 Å². The minimum absolute atomic E-state index is 0.250. The van der Waals surface area contributed by atoms with Crippen molar-refractivity contribution in [2.24, 2.45) is 0 Å². The summed E-state index contributed by atoms with van der Waals surface area (Å²) in [5, 5.41) is 10.6. The van der Waals surface area contributed by atoms with Crippen molar-refractivity contribution in [2.75, 3.05) is 7.11 Å². The van der Waals surface area contributed by atoms with Crippen molar-refractivity contribution in [3.05, 3.63) is 11.6 Å². The van der Waals surface area contributed by atoms with Gasteiger partial charge in [-0.05, 0) is 0 Å². The molecule has 0 radical (unpaired) electrons. The molecular weight excluding hydrogens is 150 g/mol. The van der Waals surface area contributed by atoms with E-state index in [1.165, 1.54) is 14.0 Å². The van der Waals surface area contributed by atoms with Gasteiger partial charge in [-0.2, -0.15) is 0 Å². The average Bonchev–Trinajstić information content (AvgIpc) is 2.28. The maximum absolute atomic E-state index is 10.7. The van der Waals surface area contributed by atoms with Crippen LogP contribution in [0, 0.1) is 12.3 Å². The second-order valence-electron chi connectivity index (χ2n) is 1.81. The number of methoxy groups -OCH3 is 1. The Hall–Kier alpha value is -1.59. The highest BCUT2D eigenvalue weighted by molar-refractivity contribution is 5.68. The first kappa shape index (κ1) is 7.52. The van der Waals surface area contributed by atoms with E-state index in [1.807, 2.05) is 0 Å². The first-order chi connectivity index (χ1) is 5.15. The minimum Gasteiger partial charge on any atom is -0.451 e. The summed E-state index contributed by atoms with van der Waals surface area (Å²) >= 11 is 0. The van der Waals surface area contributed by atoms with Gasteiger partial charge in [0.2, 0.25) is 5.89 Å². The van der Waals surface area contributed by atoms with E-state index >= 15 is 0 Å². The van der Waals surface area contributed by atoms with E-state index in [1.54, 1.807) is 0 Å². The van der Waals surface area contributed by atoms with Crippen molar-refractivity contribution in [3.8, 4) is 0 Å². The summed E-state index contributed by atoms with van der Waals surface area (Å²) in [4.78, 5) is 10.7. The molecule has 0 aliphatic carbocycles. The Morgan fingerprint density at radius 3 is 2.82 bits per heavy atom. The third-order valence-corrected chi connectivity index (χ3v) is 1.03. The first-order valence-corrected chi connectivity index (χ1v) is 2.85. The van der Waals surface area contributed by atoms with Crippen LogP contribution in [0.5, 0.6) is 0 Å². The van der Waals surface area contributed by atoms with Crippen molar-refractivity contribution < 1.29 is 13.9 Å². The molecule has 1 heterocycles. The van der Waals surface area contributed by atoms with Crippen LogP contribution < -0.4 is 5.68 Å². The van der Waals surface area contributed by atoms with Crippen LogP contribution in [0.4, 0.5) is 4.79 Å². The summed E-state index contributed by atoms with van der Waals surface area (Å²) in [5.41, 5.74) is -0.339. The van der Waals surface area contributed by atoms with Gasteiger partial charge in [0.1, 0.15) is 0 Å². The molecule has 6 heteroatoms. The van der Waals surface area contributed by atoms with Gasteiger partial charge in [-0.15, -0.1) is 9.78 Å². The molecule has 0 aliphatic rings. The van der Waals surface area contributed by atoms with E-state index in [0.717, 1.165) is 4.68 Å². The molecule has 0 fully saturated rings. The Morgan fingerprint density at radius 2 is 2.45 bits per heavy atom. The van der Waals surface area contributed by atoms with Crippen LogP contribution in [0.3, 0.4) is 0 Å². The van der Waals surface area contributed by atoms with Gasteiger partial charge in [-0.25, -0.2) is 10.2 Å². The van der Waals surface area contributed by atoms with Gasteiger partial charge in [0.15, 0.2) is 0 Å². The van der Waals surface area contributed by atoms with Crippen LogP contribution in [-0.4, -0.2) is 23.0 Å². The van der Waals surface area contributed by atoms with Gasteiger partial charge in [0, 0.05) is 6.92 Å². The van der Waals surface area contributed by atoms with E-state index < -0.39 is 6.09 Å². The van der Waals surface area contributed by atoms with Crippen LogP contribution in [-0.2, 0) is 4.74 Å². The summed E-state index contributed by atoms with van der Waals surface area (Å²) in [6.07, 6.45) is -0.730. The number of nitrogens with zero attached hydrogens (tertiary/aromatic N) is 2. The molecule has 0 atom stereocenters. The lowest BCUT2D eigenvalue weighted by Crippen LogP contribution is -2.24. The second-order valence-corrected chi connectivity index (χ2v) is 1.81. The molecule has 11 heavy (non-hydrogen) atoms. The molecule has 0 amide bonds. The Kier molecular flexibility index (Phi) is 1.75. The van der Waals surface area contributed by atoms with Gasteiger partial charge in [0.25, 0.3) is 0 Å². The fraction of sp³-hybridized carbons (Fsp3) is 0.400. The predicted molar refractivity (Wildman–Crippen MR) is 32.9 cm³/mol. The van der Waals surface area contributed by atoms with E-state index in [4.69, 9.17) is 5.41 Å². The number of rotatable bonds is 0. The lowest BCUT2D eigenvalue weighted by molar-refractivity contribution is 0.166. The number of nitrogens with one attached hydrogen (secondary N) is 1. The molecule has 1 N–H and O–H groups in total. The van der Waals surface area contributed by atoms with Crippen molar-refractivity contribution in [2.45, 2.75) is 6.92 Å². The molecule has 0 saturated heterocycles. The molecule has 0 unspecified atom stereocenters. The summed E-state index contributed by atoms with van der Waals surface area (Å²) in [6, 6.07) is 0. The molecule has 0 saturated carbocycles. The van der Waals surface area contributed by atoms with Gasteiger partial charge in [-0.3, -0.25) is 0 Å². The van der Waals surface area contributed by atoms with E-state index in [0.29, 0.717) is 0 Å². The zero-order valence-electron chi connectivity index (χ0n) is 6.12. The topological polar surface area (TPSA) is 81.1 Å². The quantitative estimate of drug-likeness (QED) is 0.569. The molecule has 1 aromatic rings. The molecule has 0 bridgehead atoms. The molecule has 1 rings (SSSR count). The third kappa shape index (κ3) is 1.28. The average molecular weight is 157 g/mol. The van der Waals surface area contributed by atoms with Gasteiger partial charge in [-0.1, -0.05) is 0 Å². The smallest absolute Gasteiger partial charge is 0.439 e. The van der Waals surface area contributed by atoms with E-state index in [9.17, 15) is 4.79 Å². The Balaban J connectivity index is 3.13. The second kappa shape index (κ2) is 2.57. The van der Waals surface area contributed by atoms with Crippen molar-refractivity contribution in [1.29, 1.82) is 5.41 Å². The fourth-order valence-electron chi connectivity index (χ4n) is 0.600. The third-order valence-electron chi connectivity index (χ3n) is 1.03. The van der Waals surface area contributed by atoms with Gasteiger partial charge >= 0.3 is 11.8 Å². The number of carbonyl (C=O) groups excluding carboxylic acids is 1. The number of aromatic nitrogens is 2. The SMILES string of the molecule is COC(=O)n1nc(C)oc1=N. The number of ether oxygens (including phenoxy) is 1. The van der Waals surface area contributed by atoms with Gasteiger partial charge < -0.3 is 9.15 Å². The maximum Gasteiger partial charge on any atom is 0.439 e. The Bertz CT molecular complexity index is 324. The largest absolute Gasteiger partial charge is 0.451 e. The molecule has 0 spiro atoms. The predicted octanol–water partition coefficient (Wildman–Crippen LogP) is -0.122. The molecular formula is C5H7N3O3. The molecule has 1 aromatic heterocycles. The highest BCUT2D eigenvalue weighted by Crippen LogP contribution is 1.86. The standard InChI is InChI=1S/C5H7N3O3/c1-3-7-8(4(6)11-3)5(9)10-2/h6H,1-2H3. The monoisotopic (exact) mass is 157 g/mol. The highest BCUT2D eigenvalue weighted by atomic mass is 16.5. The summed E-state index contributed by atoms with van der Waals surface area (Å²) in [7, 11) is 1.21. The molecule has 6 nitrogen and oxygen atoms in total. The molecule has 0 aliphatic heterocycles. The highest BCUT2D eigenvalue weighted by Gasteiger charge is 2.09. The van der Waals surface area contributed by atoms with E-state index in [2.05, 4.69) is 14.3 Å². The van der Waals surface area contributed by atoms with Crippen LogP contribution in [0.1, 0.15) is 5.89 Å². The van der Waals surface area contributed by atoms with Crippen LogP contribution >= 0.6 is 0 Å². The first-order valence-electron chi connectivity index (χ1n) is 2.85. The van der Waals surface area contributed by atoms with E-state index in [-0.39, 0.29) is 11.6 Å². The lowest BCUT2D eigenvalue weighted by atomic mass is 10.8. The number of aryl methyl sites for hydroxylation is 1. The van der Waals surface area contributed by atoms with Crippen molar-refractivity contribution in [1.82, 2.24) is 9.78 Å². The Labute approximate surface area is 61.9 Å². The molecule has 0 aromatic carbocycles. The van der Waals surface area contributed by atoms with Crippen LogP contribution in [0.15, 0.2) is 4.42 Å². The summed E-state index contributed by atoms with van der Waals surface area (Å²) in [5.74, 6) is 0.250. The van der Waals surface area contributed by atoms with Crippen molar-refractivity contribution >= 4 is 6.09 Å².